The molecule has 0 bridgehead atoms. The first-order valence-corrected chi connectivity index (χ1v) is 7.70. The lowest BCUT2D eigenvalue weighted by molar-refractivity contribution is 0.156. The second-order valence-electron chi connectivity index (χ2n) is 6.25. The van der Waals surface area contributed by atoms with Crippen LogP contribution < -0.4 is 10.5 Å². The Morgan fingerprint density at radius 3 is 2.90 bits per heavy atom. The van der Waals surface area contributed by atoms with Gasteiger partial charge in [-0.25, -0.2) is 0 Å². The molecule has 0 spiro atoms. The number of methoxy groups -OCH3 is 1. The summed E-state index contributed by atoms with van der Waals surface area (Å²) in [7, 11) is 3.91. The first-order valence-electron chi connectivity index (χ1n) is 7.70. The summed E-state index contributed by atoms with van der Waals surface area (Å²) in [6, 6.07) is 8.84. The van der Waals surface area contributed by atoms with Crippen LogP contribution in [0.25, 0.3) is 0 Å². The van der Waals surface area contributed by atoms with E-state index in [1.807, 2.05) is 18.2 Å². The van der Waals surface area contributed by atoms with Crippen molar-refractivity contribution in [2.45, 2.75) is 44.7 Å². The highest BCUT2D eigenvalue weighted by Crippen LogP contribution is 2.27. The molecular weight excluding hydrogens is 248 g/mol. The zero-order chi connectivity index (χ0) is 14.5. The molecule has 2 N–H and O–H groups in total. The Bertz CT molecular complexity index is 421. The van der Waals surface area contributed by atoms with Crippen LogP contribution in [0.5, 0.6) is 5.75 Å². The summed E-state index contributed by atoms with van der Waals surface area (Å²) in [5.74, 6) is 1.73. The molecule has 0 heterocycles. The summed E-state index contributed by atoms with van der Waals surface area (Å²) in [5, 5.41) is 0. The molecule has 0 aromatic heterocycles. The molecule has 1 aromatic carbocycles. The number of benzene rings is 1. The average molecular weight is 276 g/mol. The molecule has 1 aromatic rings. The van der Waals surface area contributed by atoms with E-state index in [0.29, 0.717) is 6.04 Å². The van der Waals surface area contributed by atoms with Crippen LogP contribution in [0.1, 0.15) is 44.2 Å². The van der Waals surface area contributed by atoms with Crippen molar-refractivity contribution in [3.8, 4) is 5.75 Å². The third-order valence-electron chi connectivity index (χ3n) is 4.54. The largest absolute Gasteiger partial charge is 0.497 e. The number of ether oxygens (including phenoxy) is 1. The van der Waals surface area contributed by atoms with E-state index in [1.54, 1.807) is 7.11 Å². The van der Waals surface area contributed by atoms with E-state index in [0.717, 1.165) is 23.8 Å². The predicted octanol–water partition coefficient (Wildman–Crippen LogP) is 3.21. The van der Waals surface area contributed by atoms with Crippen LogP contribution in [0, 0.1) is 5.92 Å². The lowest BCUT2D eigenvalue weighted by atomic mass is 9.86. The first-order chi connectivity index (χ1) is 9.60. The molecule has 20 heavy (non-hydrogen) atoms. The molecule has 1 aliphatic rings. The van der Waals surface area contributed by atoms with Gasteiger partial charge in [0.1, 0.15) is 5.75 Å². The molecule has 1 aliphatic carbocycles. The maximum Gasteiger partial charge on any atom is 0.119 e. The van der Waals surface area contributed by atoms with Gasteiger partial charge in [-0.2, -0.15) is 0 Å². The minimum absolute atomic E-state index is 0.0485. The predicted molar refractivity (Wildman–Crippen MR) is 84.0 cm³/mol. The van der Waals surface area contributed by atoms with Crippen LogP contribution in [-0.2, 0) is 0 Å². The molecule has 0 aliphatic heterocycles. The fourth-order valence-electron chi connectivity index (χ4n) is 3.24. The van der Waals surface area contributed by atoms with Gasteiger partial charge in [-0.05, 0) is 43.5 Å². The minimum Gasteiger partial charge on any atom is -0.497 e. The second kappa shape index (κ2) is 7.09. The number of hydrogen-bond donors (Lipinski definition) is 1. The van der Waals surface area contributed by atoms with E-state index < -0.39 is 0 Å². The average Bonchev–Trinajstić information content (AvgIpc) is 2.47. The Morgan fingerprint density at radius 2 is 2.20 bits per heavy atom. The van der Waals surface area contributed by atoms with Gasteiger partial charge < -0.3 is 15.4 Å². The molecule has 0 radical (unpaired) electrons. The van der Waals surface area contributed by atoms with Gasteiger partial charge in [0.2, 0.25) is 0 Å². The van der Waals surface area contributed by atoms with E-state index in [2.05, 4.69) is 24.9 Å². The smallest absolute Gasteiger partial charge is 0.119 e. The monoisotopic (exact) mass is 276 g/mol. The molecule has 3 atom stereocenters. The fraction of sp³-hybridized carbons (Fsp3) is 0.647. The molecule has 3 nitrogen and oxygen atoms in total. The van der Waals surface area contributed by atoms with Crippen LogP contribution in [0.2, 0.25) is 0 Å². The van der Waals surface area contributed by atoms with Crippen molar-refractivity contribution >= 4 is 0 Å². The molecule has 3 unspecified atom stereocenters. The maximum absolute atomic E-state index is 6.36. The topological polar surface area (TPSA) is 38.5 Å². The summed E-state index contributed by atoms with van der Waals surface area (Å²) >= 11 is 0. The summed E-state index contributed by atoms with van der Waals surface area (Å²) < 4.78 is 5.27. The third kappa shape index (κ3) is 3.97. The van der Waals surface area contributed by atoms with Crippen LogP contribution in [0.3, 0.4) is 0 Å². The highest BCUT2D eigenvalue weighted by Gasteiger charge is 2.23. The van der Waals surface area contributed by atoms with Crippen LogP contribution in [0.4, 0.5) is 0 Å². The highest BCUT2D eigenvalue weighted by molar-refractivity contribution is 5.30. The van der Waals surface area contributed by atoms with Gasteiger partial charge in [-0.3, -0.25) is 0 Å². The van der Waals surface area contributed by atoms with Gasteiger partial charge in [0.25, 0.3) is 0 Å². The van der Waals surface area contributed by atoms with E-state index in [4.69, 9.17) is 10.5 Å². The summed E-state index contributed by atoms with van der Waals surface area (Å²) in [6.07, 6.45) is 5.35. The van der Waals surface area contributed by atoms with Gasteiger partial charge in [-0.1, -0.05) is 31.9 Å². The normalized spacial score (nSPS) is 24.6. The number of rotatable bonds is 5. The zero-order valence-corrected chi connectivity index (χ0v) is 13.0. The number of nitrogens with zero attached hydrogens (tertiary/aromatic N) is 1. The Hall–Kier alpha value is -1.06. The number of nitrogens with two attached hydrogens (primary N) is 1. The van der Waals surface area contributed by atoms with Gasteiger partial charge >= 0.3 is 0 Å². The Balaban J connectivity index is 1.94. The maximum atomic E-state index is 6.36. The molecule has 0 saturated heterocycles. The molecule has 3 heteroatoms. The van der Waals surface area contributed by atoms with Crippen molar-refractivity contribution in [2.24, 2.45) is 11.7 Å². The summed E-state index contributed by atoms with van der Waals surface area (Å²) in [5.41, 5.74) is 7.52. The summed E-state index contributed by atoms with van der Waals surface area (Å²) in [6.45, 7) is 3.27. The quantitative estimate of drug-likeness (QED) is 0.897. The Labute approximate surface area is 123 Å². The van der Waals surface area contributed by atoms with Gasteiger partial charge in [0.05, 0.1) is 7.11 Å². The van der Waals surface area contributed by atoms with E-state index in [-0.39, 0.29) is 6.04 Å². The second-order valence-corrected chi connectivity index (χ2v) is 6.25. The van der Waals surface area contributed by atoms with E-state index in [9.17, 15) is 0 Å². The molecule has 1 saturated carbocycles. The van der Waals surface area contributed by atoms with Crippen LogP contribution in [-0.4, -0.2) is 31.6 Å². The van der Waals surface area contributed by atoms with Gasteiger partial charge in [-0.15, -0.1) is 0 Å². The van der Waals surface area contributed by atoms with Crippen molar-refractivity contribution in [1.29, 1.82) is 0 Å². The van der Waals surface area contributed by atoms with Crippen molar-refractivity contribution < 1.29 is 4.74 Å². The lowest BCUT2D eigenvalue weighted by Gasteiger charge is -2.35. The molecule has 2 rings (SSSR count). The molecule has 0 amide bonds. The number of likely N-dealkylation sites (N-methyl/N-ethyl adjacent to an activating group) is 1. The van der Waals surface area contributed by atoms with Gasteiger partial charge in [0.15, 0.2) is 0 Å². The minimum atomic E-state index is 0.0485. The standard InChI is InChI=1S/C17H28N2O/c1-13-6-4-8-15(10-13)19(2)12-17(18)14-7-5-9-16(11-14)20-3/h5,7,9,11,13,15,17H,4,6,8,10,12,18H2,1-3H3. The third-order valence-corrected chi connectivity index (χ3v) is 4.54. The summed E-state index contributed by atoms with van der Waals surface area (Å²) in [4.78, 5) is 2.44. The first kappa shape index (κ1) is 15.3. The Morgan fingerprint density at radius 1 is 1.40 bits per heavy atom. The van der Waals surface area contributed by atoms with Crippen LogP contribution in [0.15, 0.2) is 24.3 Å². The van der Waals surface area contributed by atoms with Crippen LogP contribution >= 0.6 is 0 Å². The van der Waals surface area contributed by atoms with Crippen molar-refractivity contribution in [3.05, 3.63) is 29.8 Å². The molecular formula is C17H28N2O. The van der Waals surface area contributed by atoms with Crippen molar-refractivity contribution in [3.63, 3.8) is 0 Å². The van der Waals surface area contributed by atoms with E-state index in [1.165, 1.54) is 25.7 Å². The fourth-order valence-corrected chi connectivity index (χ4v) is 3.24. The zero-order valence-electron chi connectivity index (χ0n) is 13.0. The lowest BCUT2D eigenvalue weighted by Crippen LogP contribution is -2.39. The molecule has 1 fully saturated rings. The number of hydrogen-bond acceptors (Lipinski definition) is 3. The van der Waals surface area contributed by atoms with Crippen molar-refractivity contribution in [1.82, 2.24) is 4.90 Å². The Kier molecular flexibility index (Phi) is 5.44. The van der Waals surface area contributed by atoms with Gasteiger partial charge in [0, 0.05) is 18.6 Å². The highest BCUT2D eigenvalue weighted by atomic mass is 16.5. The molecule has 112 valence electrons. The van der Waals surface area contributed by atoms with Crippen molar-refractivity contribution in [2.75, 3.05) is 20.7 Å². The van der Waals surface area contributed by atoms with E-state index >= 15 is 0 Å². The SMILES string of the molecule is COc1cccc(C(N)CN(C)C2CCCC(C)C2)c1.